The zero-order chi connectivity index (χ0) is 19.1. The van der Waals surface area contributed by atoms with E-state index < -0.39 is 17.6 Å². The van der Waals surface area contributed by atoms with E-state index in [4.69, 9.17) is 0 Å². The molecule has 2 aromatic rings. The molecule has 1 aromatic carbocycles. The number of rotatable bonds is 5. The van der Waals surface area contributed by atoms with Crippen molar-refractivity contribution in [1.82, 2.24) is 10.2 Å². The molecule has 1 aliphatic rings. The van der Waals surface area contributed by atoms with Crippen LogP contribution in [0.2, 0.25) is 0 Å². The van der Waals surface area contributed by atoms with E-state index in [9.17, 15) is 14.0 Å². The maximum absolute atomic E-state index is 13.2. The van der Waals surface area contributed by atoms with Gasteiger partial charge in [0.15, 0.2) is 0 Å². The van der Waals surface area contributed by atoms with Gasteiger partial charge < -0.3 is 10.6 Å². The summed E-state index contributed by atoms with van der Waals surface area (Å²) in [5.41, 5.74) is 1.42. The molecule has 7 heteroatoms. The normalized spacial score (nSPS) is 16.3. The van der Waals surface area contributed by atoms with Crippen LogP contribution in [0, 0.1) is 5.82 Å². The van der Waals surface area contributed by atoms with Gasteiger partial charge in [-0.1, -0.05) is 18.9 Å². The van der Waals surface area contributed by atoms with Crippen LogP contribution in [0.5, 0.6) is 0 Å². The quantitative estimate of drug-likeness (QED) is 0.769. The third-order valence-electron chi connectivity index (χ3n) is 4.75. The number of hydrogen-bond donors (Lipinski definition) is 2. The molecular weight excluding hydrogens is 365 g/mol. The van der Waals surface area contributed by atoms with Gasteiger partial charge in [0.1, 0.15) is 5.82 Å². The van der Waals surface area contributed by atoms with Crippen LogP contribution in [-0.2, 0) is 9.59 Å². The summed E-state index contributed by atoms with van der Waals surface area (Å²) in [6, 6.07) is 7.60. The van der Waals surface area contributed by atoms with E-state index in [1.807, 2.05) is 5.38 Å². The van der Waals surface area contributed by atoms with Crippen LogP contribution < -0.4 is 10.6 Å². The summed E-state index contributed by atoms with van der Waals surface area (Å²) in [5.74, 6) is -1.97. The Morgan fingerprint density at radius 2 is 1.89 bits per heavy atom. The largest absolute Gasteiger partial charge is 0.346 e. The lowest BCUT2D eigenvalue weighted by molar-refractivity contribution is -0.136. The van der Waals surface area contributed by atoms with Crippen LogP contribution in [0.25, 0.3) is 0 Å². The van der Waals surface area contributed by atoms with Crippen molar-refractivity contribution in [3.05, 3.63) is 52.5 Å². The molecule has 0 spiro atoms. The van der Waals surface area contributed by atoms with E-state index in [1.54, 1.807) is 17.4 Å². The van der Waals surface area contributed by atoms with Crippen LogP contribution in [0.15, 0.2) is 41.1 Å². The number of nitrogens with zero attached hydrogens (tertiary/aromatic N) is 1. The Hall–Kier alpha value is -2.25. The summed E-state index contributed by atoms with van der Waals surface area (Å²) in [6.45, 7) is 2.35. The second kappa shape index (κ2) is 9.62. The highest BCUT2D eigenvalue weighted by Gasteiger charge is 2.24. The van der Waals surface area contributed by atoms with Gasteiger partial charge in [-0.25, -0.2) is 4.39 Å². The summed E-state index contributed by atoms with van der Waals surface area (Å²) in [7, 11) is 0. The number of halogens is 1. The first-order valence-electron chi connectivity index (χ1n) is 9.24. The Kier molecular flexibility index (Phi) is 6.95. The number of likely N-dealkylation sites (tertiary alicyclic amines) is 1. The van der Waals surface area contributed by atoms with E-state index in [0.717, 1.165) is 31.5 Å². The third-order valence-corrected chi connectivity index (χ3v) is 5.46. The lowest BCUT2D eigenvalue weighted by Crippen LogP contribution is -2.42. The minimum absolute atomic E-state index is 0.0558. The molecule has 0 bridgehead atoms. The Labute approximate surface area is 162 Å². The van der Waals surface area contributed by atoms with Crippen molar-refractivity contribution in [1.29, 1.82) is 0 Å². The fourth-order valence-electron chi connectivity index (χ4n) is 3.35. The number of hydrogen-bond acceptors (Lipinski definition) is 4. The summed E-state index contributed by atoms with van der Waals surface area (Å²) in [4.78, 5) is 26.7. The lowest BCUT2D eigenvalue weighted by Gasteiger charge is -2.30. The fraction of sp³-hybridized carbons (Fsp3) is 0.400. The van der Waals surface area contributed by atoms with E-state index in [2.05, 4.69) is 27.0 Å². The minimum Gasteiger partial charge on any atom is -0.346 e. The van der Waals surface area contributed by atoms with Gasteiger partial charge >= 0.3 is 11.8 Å². The highest BCUT2D eigenvalue weighted by atomic mass is 32.1. The molecule has 2 heterocycles. The van der Waals surface area contributed by atoms with Gasteiger partial charge in [-0.3, -0.25) is 14.5 Å². The van der Waals surface area contributed by atoms with Crippen LogP contribution in [0.4, 0.5) is 10.1 Å². The first kappa shape index (κ1) is 19.5. The average molecular weight is 389 g/mol. The van der Waals surface area contributed by atoms with Crippen LogP contribution in [-0.4, -0.2) is 36.3 Å². The molecule has 0 radical (unpaired) electrons. The summed E-state index contributed by atoms with van der Waals surface area (Å²) in [6.07, 6.45) is 4.76. The second-order valence-corrected chi connectivity index (χ2v) is 7.48. The summed E-state index contributed by atoms with van der Waals surface area (Å²) in [5, 5.41) is 9.29. The predicted molar refractivity (Wildman–Crippen MR) is 105 cm³/mol. The van der Waals surface area contributed by atoms with E-state index >= 15 is 0 Å². The Bertz CT molecular complexity index is 758. The van der Waals surface area contributed by atoms with Crippen LogP contribution >= 0.6 is 11.3 Å². The molecule has 2 amide bonds. The SMILES string of the molecule is O=C(NCC(c1ccsc1)N1CCCCCC1)C(=O)Nc1cccc(F)c1. The van der Waals surface area contributed by atoms with Gasteiger partial charge in [-0.2, -0.15) is 11.3 Å². The molecule has 0 saturated carbocycles. The number of benzene rings is 1. The standard InChI is InChI=1S/C20H24FN3O2S/c21-16-6-5-7-17(12-16)23-20(26)19(25)22-13-18(15-8-11-27-14-15)24-9-3-1-2-4-10-24/h5-8,11-12,14,18H,1-4,9-10,13H2,(H,22,25)(H,23,26). The van der Waals surface area contributed by atoms with Gasteiger partial charge in [0, 0.05) is 12.2 Å². The molecule has 5 nitrogen and oxygen atoms in total. The predicted octanol–water partition coefficient (Wildman–Crippen LogP) is 3.56. The van der Waals surface area contributed by atoms with Crippen molar-refractivity contribution in [2.75, 3.05) is 25.0 Å². The highest BCUT2D eigenvalue weighted by Crippen LogP contribution is 2.25. The van der Waals surface area contributed by atoms with Crippen molar-refractivity contribution < 1.29 is 14.0 Å². The van der Waals surface area contributed by atoms with E-state index in [0.29, 0.717) is 6.54 Å². The number of carbonyl (C=O) groups excluding carboxylic acids is 2. The van der Waals surface area contributed by atoms with Crippen molar-refractivity contribution in [3.63, 3.8) is 0 Å². The first-order chi connectivity index (χ1) is 13.1. The van der Waals surface area contributed by atoms with Gasteiger partial charge in [0.05, 0.1) is 6.04 Å². The van der Waals surface area contributed by atoms with Crippen LogP contribution in [0.3, 0.4) is 0 Å². The maximum atomic E-state index is 13.2. The molecular formula is C20H24FN3O2S. The molecule has 1 aliphatic heterocycles. The van der Waals surface area contributed by atoms with E-state index in [-0.39, 0.29) is 11.7 Å². The molecule has 2 N–H and O–H groups in total. The fourth-order valence-corrected chi connectivity index (χ4v) is 4.06. The minimum atomic E-state index is -0.791. The summed E-state index contributed by atoms with van der Waals surface area (Å²) >= 11 is 1.63. The van der Waals surface area contributed by atoms with Crippen molar-refractivity contribution in [2.45, 2.75) is 31.7 Å². The topological polar surface area (TPSA) is 61.4 Å². The van der Waals surface area contributed by atoms with Crippen molar-refractivity contribution in [2.24, 2.45) is 0 Å². The maximum Gasteiger partial charge on any atom is 0.313 e. The molecule has 1 fully saturated rings. The Morgan fingerprint density at radius 1 is 1.11 bits per heavy atom. The Morgan fingerprint density at radius 3 is 2.56 bits per heavy atom. The molecule has 1 atom stereocenters. The third kappa shape index (κ3) is 5.61. The number of anilines is 1. The van der Waals surface area contributed by atoms with E-state index in [1.165, 1.54) is 31.0 Å². The lowest BCUT2D eigenvalue weighted by atomic mass is 10.1. The van der Waals surface area contributed by atoms with Gasteiger partial charge in [-0.15, -0.1) is 0 Å². The summed E-state index contributed by atoms with van der Waals surface area (Å²) < 4.78 is 13.2. The van der Waals surface area contributed by atoms with Crippen molar-refractivity contribution in [3.8, 4) is 0 Å². The second-order valence-electron chi connectivity index (χ2n) is 6.70. The zero-order valence-corrected chi connectivity index (χ0v) is 15.9. The molecule has 27 heavy (non-hydrogen) atoms. The monoisotopic (exact) mass is 389 g/mol. The average Bonchev–Trinajstić information content (AvgIpc) is 3.04. The highest BCUT2D eigenvalue weighted by molar-refractivity contribution is 7.08. The molecule has 144 valence electrons. The number of amides is 2. The zero-order valence-electron chi connectivity index (χ0n) is 15.1. The van der Waals surface area contributed by atoms with Crippen molar-refractivity contribution >= 4 is 28.8 Å². The van der Waals surface area contributed by atoms with Gasteiger partial charge in [0.2, 0.25) is 0 Å². The smallest absolute Gasteiger partial charge is 0.313 e. The Balaban J connectivity index is 1.60. The molecule has 1 aromatic heterocycles. The van der Waals surface area contributed by atoms with Gasteiger partial charge in [-0.05, 0) is 66.5 Å². The molecule has 1 unspecified atom stereocenters. The number of thiophene rings is 1. The molecule has 3 rings (SSSR count). The van der Waals surface area contributed by atoms with Gasteiger partial charge in [0.25, 0.3) is 0 Å². The molecule has 1 saturated heterocycles. The number of nitrogens with one attached hydrogen (secondary N) is 2. The number of carbonyl (C=O) groups is 2. The molecule has 0 aliphatic carbocycles. The first-order valence-corrected chi connectivity index (χ1v) is 10.2. The van der Waals surface area contributed by atoms with Crippen LogP contribution in [0.1, 0.15) is 37.3 Å².